The quantitative estimate of drug-likeness (QED) is 0.609. The van der Waals surface area contributed by atoms with Gasteiger partial charge in [0.25, 0.3) is 0 Å². The number of H-pyrrole nitrogens is 1. The number of nitro groups is 1. The van der Waals surface area contributed by atoms with Crippen molar-refractivity contribution in [2.75, 3.05) is 0 Å². The number of fused-ring (bicyclic) bond motifs is 1. The first kappa shape index (κ1) is 14.3. The van der Waals surface area contributed by atoms with Gasteiger partial charge in [0.2, 0.25) is 5.75 Å². The second-order valence-electron chi connectivity index (χ2n) is 3.75. The molecule has 1 aromatic heterocycles. The van der Waals surface area contributed by atoms with Gasteiger partial charge in [-0.3, -0.25) is 14.9 Å². The lowest BCUT2D eigenvalue weighted by Crippen LogP contribution is -2.14. The average molecular weight is 353 g/mol. The molecule has 1 heterocycles. The molecule has 2 rings (SSSR count). The van der Waals surface area contributed by atoms with Gasteiger partial charge in [0.05, 0.1) is 21.4 Å². The minimum Gasteiger partial charge on any atom is -0.501 e. The van der Waals surface area contributed by atoms with Crippen LogP contribution in [0.2, 0.25) is 0 Å². The number of nitrogens with one attached hydrogen (secondary N) is 1. The van der Waals surface area contributed by atoms with Crippen LogP contribution in [0.4, 0.5) is 18.9 Å². The van der Waals surface area contributed by atoms with Crippen molar-refractivity contribution in [2.45, 2.75) is 6.18 Å². The van der Waals surface area contributed by atoms with Crippen LogP contribution in [-0.4, -0.2) is 15.0 Å². The maximum absolute atomic E-state index is 13.0. The van der Waals surface area contributed by atoms with Gasteiger partial charge in [0, 0.05) is 4.47 Å². The smallest absolute Gasteiger partial charge is 0.418 e. The van der Waals surface area contributed by atoms with E-state index in [9.17, 15) is 33.2 Å². The normalized spacial score (nSPS) is 11.8. The van der Waals surface area contributed by atoms with Crippen molar-refractivity contribution in [3.05, 3.63) is 42.6 Å². The van der Waals surface area contributed by atoms with E-state index in [4.69, 9.17) is 0 Å². The summed E-state index contributed by atoms with van der Waals surface area (Å²) < 4.78 is 38.6. The number of halogens is 4. The van der Waals surface area contributed by atoms with Crippen molar-refractivity contribution < 1.29 is 23.2 Å². The zero-order valence-electron chi connectivity index (χ0n) is 9.29. The maximum atomic E-state index is 13.0. The van der Waals surface area contributed by atoms with Crippen LogP contribution >= 0.6 is 15.9 Å². The summed E-state index contributed by atoms with van der Waals surface area (Å²) in [6, 6.07) is 2.12. The molecule has 0 saturated heterocycles. The third-order valence-electron chi connectivity index (χ3n) is 2.54. The van der Waals surface area contributed by atoms with Gasteiger partial charge < -0.3 is 10.1 Å². The van der Waals surface area contributed by atoms with Crippen molar-refractivity contribution in [3.63, 3.8) is 0 Å². The number of aromatic hydroxyl groups is 1. The highest BCUT2D eigenvalue weighted by atomic mass is 79.9. The van der Waals surface area contributed by atoms with E-state index in [-0.39, 0.29) is 5.52 Å². The largest absolute Gasteiger partial charge is 0.501 e. The van der Waals surface area contributed by atoms with Crippen LogP contribution in [0.5, 0.6) is 5.75 Å². The molecular formula is C10H4BrF3N2O4. The van der Waals surface area contributed by atoms with Gasteiger partial charge in [-0.15, -0.1) is 0 Å². The van der Waals surface area contributed by atoms with Crippen LogP contribution < -0.4 is 5.56 Å². The summed E-state index contributed by atoms with van der Waals surface area (Å²) in [5.74, 6) is -1.32. The van der Waals surface area contributed by atoms with E-state index in [0.717, 1.165) is 12.1 Å². The topological polar surface area (TPSA) is 96.2 Å². The van der Waals surface area contributed by atoms with Crippen LogP contribution in [0.3, 0.4) is 0 Å². The van der Waals surface area contributed by atoms with Crippen LogP contribution in [-0.2, 0) is 6.18 Å². The Balaban J connectivity index is 3.09. The summed E-state index contributed by atoms with van der Waals surface area (Å²) in [4.78, 5) is 22.8. The Morgan fingerprint density at radius 3 is 2.45 bits per heavy atom. The second-order valence-corrected chi connectivity index (χ2v) is 4.61. The van der Waals surface area contributed by atoms with E-state index < -0.39 is 43.5 Å². The van der Waals surface area contributed by atoms with E-state index >= 15 is 0 Å². The SMILES string of the molecule is O=c1[nH]c2ccc(Br)c(C(F)(F)F)c2c(O)c1[N+](=O)[O-]. The molecule has 10 heteroatoms. The van der Waals surface area contributed by atoms with Crippen molar-refractivity contribution in [3.8, 4) is 5.75 Å². The van der Waals surface area contributed by atoms with E-state index in [2.05, 4.69) is 15.9 Å². The molecular weight excluding hydrogens is 349 g/mol. The molecule has 0 amide bonds. The summed E-state index contributed by atoms with van der Waals surface area (Å²) >= 11 is 2.67. The van der Waals surface area contributed by atoms with Crippen LogP contribution in [0.25, 0.3) is 10.9 Å². The Hall–Kier alpha value is -2.10. The number of aromatic amines is 1. The van der Waals surface area contributed by atoms with Gasteiger partial charge in [-0.25, -0.2) is 0 Å². The zero-order chi connectivity index (χ0) is 15.2. The highest BCUT2D eigenvalue weighted by Gasteiger charge is 2.38. The standard InChI is InChI=1S/C10H4BrF3N2O4/c11-3-1-2-4-5(6(3)10(12,13)14)8(17)7(16(19)20)9(18)15-4/h1-2H,(H2,15,17,18). The summed E-state index contributed by atoms with van der Waals surface area (Å²) in [7, 11) is 0. The minimum absolute atomic E-state index is 0.353. The molecule has 0 saturated carbocycles. The van der Waals surface area contributed by atoms with Gasteiger partial charge >= 0.3 is 17.4 Å². The highest BCUT2D eigenvalue weighted by molar-refractivity contribution is 9.10. The number of nitrogens with zero attached hydrogens (tertiary/aromatic N) is 1. The summed E-state index contributed by atoms with van der Waals surface area (Å²) in [6.07, 6.45) is -4.87. The molecule has 0 aliphatic rings. The van der Waals surface area contributed by atoms with Gasteiger partial charge in [-0.2, -0.15) is 13.2 Å². The molecule has 0 atom stereocenters. The first-order chi connectivity index (χ1) is 9.14. The number of alkyl halides is 3. The first-order valence-corrected chi connectivity index (χ1v) is 5.73. The fraction of sp³-hybridized carbons (Fsp3) is 0.100. The van der Waals surface area contributed by atoms with E-state index in [0.29, 0.717) is 0 Å². The lowest BCUT2D eigenvalue weighted by atomic mass is 10.1. The Bertz CT molecular complexity index is 785. The second kappa shape index (κ2) is 4.47. The molecule has 0 aliphatic heterocycles. The molecule has 2 aromatic rings. The predicted octanol–water partition coefficient (Wildman–Crippen LogP) is 2.92. The number of aromatic nitrogens is 1. The molecule has 6 nitrogen and oxygen atoms in total. The summed E-state index contributed by atoms with van der Waals surface area (Å²) in [5.41, 5.74) is -4.27. The van der Waals surface area contributed by atoms with Gasteiger partial charge in [-0.05, 0) is 12.1 Å². The van der Waals surface area contributed by atoms with E-state index in [1.807, 2.05) is 4.98 Å². The lowest BCUT2D eigenvalue weighted by molar-refractivity contribution is -0.387. The number of pyridine rings is 1. The first-order valence-electron chi connectivity index (χ1n) is 4.93. The minimum atomic E-state index is -4.87. The predicted molar refractivity (Wildman–Crippen MR) is 65.6 cm³/mol. The molecule has 2 N–H and O–H groups in total. The number of hydrogen-bond donors (Lipinski definition) is 2. The fourth-order valence-corrected chi connectivity index (χ4v) is 2.34. The maximum Gasteiger partial charge on any atom is 0.418 e. The number of rotatable bonds is 1. The zero-order valence-corrected chi connectivity index (χ0v) is 10.9. The van der Waals surface area contributed by atoms with Crippen molar-refractivity contribution in [2.24, 2.45) is 0 Å². The molecule has 0 fully saturated rings. The highest BCUT2D eigenvalue weighted by Crippen LogP contribution is 2.43. The number of benzene rings is 1. The van der Waals surface area contributed by atoms with Gasteiger partial charge in [-0.1, -0.05) is 15.9 Å². The molecule has 0 radical (unpaired) electrons. The third-order valence-corrected chi connectivity index (χ3v) is 3.21. The molecule has 0 aliphatic carbocycles. The molecule has 1 aromatic carbocycles. The van der Waals surface area contributed by atoms with Crippen molar-refractivity contribution >= 4 is 32.5 Å². The molecule has 0 bridgehead atoms. The molecule has 0 unspecified atom stereocenters. The summed E-state index contributed by atoms with van der Waals surface area (Å²) in [5, 5.41) is 19.5. The Labute approximate surface area is 116 Å². The lowest BCUT2D eigenvalue weighted by Gasteiger charge is -2.13. The van der Waals surface area contributed by atoms with Gasteiger partial charge in [0.1, 0.15) is 0 Å². The monoisotopic (exact) mass is 352 g/mol. The summed E-state index contributed by atoms with van der Waals surface area (Å²) in [6.45, 7) is 0. The molecule has 106 valence electrons. The van der Waals surface area contributed by atoms with E-state index in [1.54, 1.807) is 0 Å². The Kier molecular flexibility index (Phi) is 3.20. The van der Waals surface area contributed by atoms with Crippen molar-refractivity contribution in [1.29, 1.82) is 0 Å². The average Bonchev–Trinajstić information content (AvgIpc) is 2.27. The number of hydrogen-bond acceptors (Lipinski definition) is 4. The van der Waals surface area contributed by atoms with E-state index in [1.165, 1.54) is 0 Å². The Morgan fingerprint density at radius 2 is 1.95 bits per heavy atom. The third kappa shape index (κ3) is 2.11. The Morgan fingerprint density at radius 1 is 1.35 bits per heavy atom. The molecule has 0 spiro atoms. The van der Waals surface area contributed by atoms with Crippen molar-refractivity contribution in [1.82, 2.24) is 4.98 Å². The van der Waals surface area contributed by atoms with Gasteiger partial charge in [0.15, 0.2) is 0 Å². The van der Waals surface area contributed by atoms with Crippen LogP contribution in [0.1, 0.15) is 5.56 Å². The fourth-order valence-electron chi connectivity index (χ4n) is 1.78. The van der Waals surface area contributed by atoms with Crippen LogP contribution in [0, 0.1) is 10.1 Å². The van der Waals surface area contributed by atoms with Crippen LogP contribution in [0.15, 0.2) is 21.4 Å². The molecule has 20 heavy (non-hydrogen) atoms.